The summed E-state index contributed by atoms with van der Waals surface area (Å²) in [4.78, 5) is 2.39. The van der Waals surface area contributed by atoms with Crippen molar-refractivity contribution >= 4 is 11.6 Å². The predicted octanol–water partition coefficient (Wildman–Crippen LogP) is 1.81. The molecule has 2 atom stereocenters. The Kier molecular flexibility index (Phi) is 4.30. The molecule has 1 saturated heterocycles. The van der Waals surface area contributed by atoms with Crippen molar-refractivity contribution in [2.24, 2.45) is 13.0 Å². The number of hydrogen-bond acceptors (Lipinski definition) is 3. The highest BCUT2D eigenvalue weighted by molar-refractivity contribution is 6.30. The lowest BCUT2D eigenvalue weighted by molar-refractivity contribution is 0.174. The molecular weight excluding hydrogens is 248 g/mol. The van der Waals surface area contributed by atoms with Gasteiger partial charge in [-0.3, -0.25) is 4.68 Å². The van der Waals surface area contributed by atoms with Crippen molar-refractivity contribution in [1.29, 1.82) is 0 Å². The summed E-state index contributed by atoms with van der Waals surface area (Å²) in [6, 6.07) is 0.580. The summed E-state index contributed by atoms with van der Waals surface area (Å²) in [5.41, 5.74) is 2.15. The molecule has 0 aliphatic carbocycles. The van der Waals surface area contributed by atoms with Crippen molar-refractivity contribution in [2.75, 3.05) is 20.1 Å². The molecule has 4 nitrogen and oxygen atoms in total. The highest BCUT2D eigenvalue weighted by Gasteiger charge is 2.24. The second kappa shape index (κ2) is 5.59. The third kappa shape index (κ3) is 2.87. The van der Waals surface area contributed by atoms with E-state index in [1.165, 1.54) is 13.0 Å². The first-order chi connectivity index (χ1) is 8.49. The summed E-state index contributed by atoms with van der Waals surface area (Å²) >= 11 is 6.24. The first-order valence-corrected chi connectivity index (χ1v) is 6.96. The van der Waals surface area contributed by atoms with Gasteiger partial charge in [-0.05, 0) is 32.9 Å². The fourth-order valence-electron chi connectivity index (χ4n) is 2.77. The summed E-state index contributed by atoms with van der Waals surface area (Å²) < 4.78 is 1.74. The molecule has 0 amide bonds. The summed E-state index contributed by atoms with van der Waals surface area (Å²) in [5.74, 6) is 0.680. The van der Waals surface area contributed by atoms with E-state index in [-0.39, 0.29) is 0 Å². The molecule has 1 fully saturated rings. The minimum absolute atomic E-state index is 0.580. The number of rotatable bonds is 3. The third-order valence-electron chi connectivity index (χ3n) is 3.92. The quantitative estimate of drug-likeness (QED) is 0.910. The van der Waals surface area contributed by atoms with Gasteiger partial charge in [0, 0.05) is 31.7 Å². The molecule has 2 unspecified atom stereocenters. The molecule has 2 heterocycles. The van der Waals surface area contributed by atoms with Gasteiger partial charge >= 0.3 is 0 Å². The zero-order valence-electron chi connectivity index (χ0n) is 11.7. The Morgan fingerprint density at radius 2 is 2.17 bits per heavy atom. The maximum atomic E-state index is 6.24. The fraction of sp³-hybridized carbons (Fsp3) is 0.769. The van der Waals surface area contributed by atoms with Crippen LogP contribution in [-0.2, 0) is 13.6 Å². The van der Waals surface area contributed by atoms with Gasteiger partial charge in [0.15, 0.2) is 0 Å². The van der Waals surface area contributed by atoms with Crippen LogP contribution in [0.1, 0.15) is 24.6 Å². The molecule has 1 aliphatic rings. The van der Waals surface area contributed by atoms with E-state index in [9.17, 15) is 0 Å². The lowest BCUT2D eigenvalue weighted by Gasteiger charge is -2.35. The lowest BCUT2D eigenvalue weighted by atomic mass is 9.94. The molecule has 1 N–H and O–H groups in total. The van der Waals surface area contributed by atoms with Crippen LogP contribution in [0.2, 0.25) is 5.15 Å². The number of nitrogens with zero attached hydrogens (tertiary/aromatic N) is 3. The summed E-state index contributed by atoms with van der Waals surface area (Å²) in [6.45, 7) is 7.47. The first kappa shape index (κ1) is 13.8. The van der Waals surface area contributed by atoms with Gasteiger partial charge in [0.2, 0.25) is 0 Å². The highest BCUT2D eigenvalue weighted by Crippen LogP contribution is 2.20. The van der Waals surface area contributed by atoms with Crippen LogP contribution < -0.4 is 5.32 Å². The van der Waals surface area contributed by atoms with Crippen molar-refractivity contribution in [2.45, 2.75) is 32.9 Å². The Labute approximate surface area is 114 Å². The molecule has 0 spiro atoms. The maximum absolute atomic E-state index is 6.24. The molecule has 0 saturated carbocycles. The van der Waals surface area contributed by atoms with E-state index in [2.05, 4.69) is 29.3 Å². The normalized spacial score (nSPS) is 25.6. The van der Waals surface area contributed by atoms with Gasteiger partial charge in [-0.2, -0.15) is 5.10 Å². The van der Waals surface area contributed by atoms with Gasteiger partial charge in [0.25, 0.3) is 0 Å². The minimum Gasteiger partial charge on any atom is -0.309 e. The average molecular weight is 271 g/mol. The SMILES string of the molecule is Cc1nn(C)c(Cl)c1CNC1CCN(C)CC1C. The van der Waals surface area contributed by atoms with Crippen LogP contribution in [-0.4, -0.2) is 40.9 Å². The van der Waals surface area contributed by atoms with Gasteiger partial charge in [0.05, 0.1) is 5.69 Å². The van der Waals surface area contributed by atoms with E-state index >= 15 is 0 Å². The van der Waals surface area contributed by atoms with Crippen LogP contribution in [0.4, 0.5) is 0 Å². The number of aryl methyl sites for hydroxylation is 2. The number of halogens is 1. The third-order valence-corrected chi connectivity index (χ3v) is 4.39. The monoisotopic (exact) mass is 270 g/mol. The van der Waals surface area contributed by atoms with Crippen LogP contribution in [0.5, 0.6) is 0 Å². The smallest absolute Gasteiger partial charge is 0.131 e. The molecule has 1 aromatic rings. The minimum atomic E-state index is 0.580. The first-order valence-electron chi connectivity index (χ1n) is 6.59. The number of nitrogens with one attached hydrogen (secondary N) is 1. The molecule has 2 rings (SSSR count). The van der Waals surface area contributed by atoms with E-state index in [0.717, 1.165) is 29.5 Å². The molecular formula is C13H23ClN4. The summed E-state index contributed by atoms with van der Waals surface area (Å²) in [6.07, 6.45) is 1.20. The molecule has 1 aliphatic heterocycles. The van der Waals surface area contributed by atoms with E-state index in [4.69, 9.17) is 11.6 Å². The van der Waals surface area contributed by atoms with Crippen LogP contribution in [0.15, 0.2) is 0 Å². The number of piperidine rings is 1. The summed E-state index contributed by atoms with van der Waals surface area (Å²) in [5, 5.41) is 8.73. The number of likely N-dealkylation sites (tertiary alicyclic amines) is 1. The Balaban J connectivity index is 1.95. The van der Waals surface area contributed by atoms with Gasteiger partial charge in [-0.25, -0.2) is 0 Å². The average Bonchev–Trinajstić information content (AvgIpc) is 2.53. The van der Waals surface area contributed by atoms with Gasteiger partial charge in [-0.15, -0.1) is 0 Å². The molecule has 0 aromatic carbocycles. The van der Waals surface area contributed by atoms with Crippen molar-refractivity contribution in [3.8, 4) is 0 Å². The molecule has 1 aromatic heterocycles. The van der Waals surface area contributed by atoms with E-state index < -0.39 is 0 Å². The lowest BCUT2D eigenvalue weighted by Crippen LogP contribution is -2.46. The van der Waals surface area contributed by atoms with Crippen molar-refractivity contribution < 1.29 is 0 Å². The van der Waals surface area contributed by atoms with Crippen LogP contribution in [0.3, 0.4) is 0 Å². The standard InChI is InChI=1S/C13H23ClN4/c1-9-8-17(3)6-5-12(9)15-7-11-10(2)16-18(4)13(11)14/h9,12,15H,5-8H2,1-4H3. The molecule has 5 heteroatoms. The Bertz CT molecular complexity index is 415. The van der Waals surface area contributed by atoms with Gasteiger partial charge in [0.1, 0.15) is 5.15 Å². The number of hydrogen-bond donors (Lipinski definition) is 1. The number of aromatic nitrogens is 2. The Morgan fingerprint density at radius 1 is 1.44 bits per heavy atom. The van der Waals surface area contributed by atoms with E-state index in [0.29, 0.717) is 12.0 Å². The largest absolute Gasteiger partial charge is 0.309 e. The maximum Gasteiger partial charge on any atom is 0.131 e. The second-order valence-corrected chi connectivity index (χ2v) is 5.85. The topological polar surface area (TPSA) is 33.1 Å². The molecule has 0 radical (unpaired) electrons. The van der Waals surface area contributed by atoms with E-state index in [1.54, 1.807) is 4.68 Å². The predicted molar refractivity (Wildman–Crippen MR) is 74.9 cm³/mol. The Hall–Kier alpha value is -0.580. The molecule has 18 heavy (non-hydrogen) atoms. The Morgan fingerprint density at radius 3 is 2.72 bits per heavy atom. The zero-order chi connectivity index (χ0) is 13.3. The van der Waals surface area contributed by atoms with Gasteiger partial charge in [-0.1, -0.05) is 18.5 Å². The van der Waals surface area contributed by atoms with Crippen LogP contribution in [0, 0.1) is 12.8 Å². The zero-order valence-corrected chi connectivity index (χ0v) is 12.5. The van der Waals surface area contributed by atoms with E-state index in [1.807, 2.05) is 14.0 Å². The van der Waals surface area contributed by atoms with Crippen molar-refractivity contribution in [3.63, 3.8) is 0 Å². The summed E-state index contributed by atoms with van der Waals surface area (Å²) in [7, 11) is 4.08. The van der Waals surface area contributed by atoms with Crippen LogP contribution in [0.25, 0.3) is 0 Å². The fourth-order valence-corrected chi connectivity index (χ4v) is 3.01. The van der Waals surface area contributed by atoms with Crippen molar-refractivity contribution in [3.05, 3.63) is 16.4 Å². The second-order valence-electron chi connectivity index (χ2n) is 5.49. The van der Waals surface area contributed by atoms with Gasteiger partial charge < -0.3 is 10.2 Å². The molecule has 0 bridgehead atoms. The van der Waals surface area contributed by atoms with Crippen molar-refractivity contribution in [1.82, 2.24) is 20.0 Å². The van der Waals surface area contributed by atoms with Crippen LogP contribution >= 0.6 is 11.6 Å². The molecule has 102 valence electrons. The highest BCUT2D eigenvalue weighted by atomic mass is 35.5.